The lowest BCUT2D eigenvalue weighted by Crippen LogP contribution is -2.50. The summed E-state index contributed by atoms with van der Waals surface area (Å²) in [6.07, 6.45) is 1.01. The van der Waals surface area contributed by atoms with E-state index >= 15 is 0 Å². The molecular formula is C20H24ClN3O4S. The van der Waals surface area contributed by atoms with Crippen molar-refractivity contribution < 1.29 is 18.0 Å². The van der Waals surface area contributed by atoms with Gasteiger partial charge in [0.2, 0.25) is 21.8 Å². The molecule has 0 aliphatic carbocycles. The van der Waals surface area contributed by atoms with Crippen LogP contribution < -0.4 is 9.62 Å². The van der Waals surface area contributed by atoms with Gasteiger partial charge in [0.05, 0.1) is 17.0 Å². The van der Waals surface area contributed by atoms with Gasteiger partial charge < -0.3 is 10.2 Å². The van der Waals surface area contributed by atoms with Crippen molar-refractivity contribution in [3.05, 3.63) is 65.2 Å². The summed E-state index contributed by atoms with van der Waals surface area (Å²) in [6.45, 7) is 1.28. The molecule has 0 aliphatic rings. The maximum Gasteiger partial charge on any atom is 0.244 e. The quantitative estimate of drug-likeness (QED) is 0.686. The Morgan fingerprint density at radius 1 is 1.07 bits per heavy atom. The summed E-state index contributed by atoms with van der Waals surface area (Å²) in [5.74, 6) is -0.867. The van der Waals surface area contributed by atoms with E-state index in [2.05, 4.69) is 5.32 Å². The average Bonchev–Trinajstić information content (AvgIpc) is 2.69. The van der Waals surface area contributed by atoms with E-state index in [0.29, 0.717) is 0 Å². The third-order valence-electron chi connectivity index (χ3n) is 4.41. The molecule has 1 unspecified atom stereocenters. The highest BCUT2D eigenvalue weighted by atomic mass is 35.5. The molecule has 2 amide bonds. The first-order valence-electron chi connectivity index (χ1n) is 8.92. The van der Waals surface area contributed by atoms with Crippen LogP contribution in [0.3, 0.4) is 0 Å². The number of sulfonamides is 1. The van der Waals surface area contributed by atoms with Gasteiger partial charge in [-0.1, -0.05) is 54.1 Å². The van der Waals surface area contributed by atoms with Crippen LogP contribution in [0.15, 0.2) is 54.6 Å². The summed E-state index contributed by atoms with van der Waals surface area (Å²) in [5, 5.41) is 2.73. The predicted molar refractivity (Wildman–Crippen MR) is 114 cm³/mol. The molecule has 0 saturated heterocycles. The summed E-state index contributed by atoms with van der Waals surface area (Å²) >= 11 is 6.16. The molecule has 9 heteroatoms. The van der Waals surface area contributed by atoms with Gasteiger partial charge in [0.15, 0.2) is 0 Å². The van der Waals surface area contributed by atoms with Crippen molar-refractivity contribution in [1.82, 2.24) is 10.2 Å². The van der Waals surface area contributed by atoms with Gasteiger partial charge in [-0.25, -0.2) is 8.42 Å². The van der Waals surface area contributed by atoms with E-state index in [4.69, 9.17) is 11.6 Å². The second kappa shape index (κ2) is 9.76. The number of hydrogen-bond donors (Lipinski definition) is 1. The lowest BCUT2D eigenvalue weighted by atomic mass is 10.1. The highest BCUT2D eigenvalue weighted by Gasteiger charge is 2.30. The van der Waals surface area contributed by atoms with Crippen molar-refractivity contribution >= 4 is 39.1 Å². The SMILES string of the molecule is CNC(=O)C(C)N(Cc1ccccc1)C(=O)CN(c1ccccc1Cl)S(C)(=O)=O. The third-order valence-corrected chi connectivity index (χ3v) is 5.86. The highest BCUT2D eigenvalue weighted by molar-refractivity contribution is 7.92. The van der Waals surface area contributed by atoms with Crippen molar-refractivity contribution in [3.63, 3.8) is 0 Å². The van der Waals surface area contributed by atoms with E-state index in [1.165, 1.54) is 18.0 Å². The standard InChI is InChI=1S/C20H24ClN3O4S/c1-15(20(26)22-2)23(13-16-9-5-4-6-10-16)19(25)14-24(29(3,27)28)18-12-8-7-11-17(18)21/h4-12,15H,13-14H2,1-3H3,(H,22,26). The van der Waals surface area contributed by atoms with E-state index in [1.807, 2.05) is 30.3 Å². The van der Waals surface area contributed by atoms with Gasteiger partial charge in [-0.05, 0) is 24.6 Å². The number of nitrogens with zero attached hydrogens (tertiary/aromatic N) is 2. The van der Waals surface area contributed by atoms with Gasteiger partial charge in [-0.2, -0.15) is 0 Å². The first-order valence-corrected chi connectivity index (χ1v) is 11.1. The van der Waals surface area contributed by atoms with Crippen molar-refractivity contribution in [3.8, 4) is 0 Å². The smallest absolute Gasteiger partial charge is 0.244 e. The molecule has 2 aromatic rings. The van der Waals surface area contributed by atoms with E-state index in [0.717, 1.165) is 16.1 Å². The molecule has 1 atom stereocenters. The largest absolute Gasteiger partial charge is 0.357 e. The molecule has 156 valence electrons. The Kier molecular flexibility index (Phi) is 7.64. The minimum atomic E-state index is -3.79. The molecule has 2 aromatic carbocycles. The summed E-state index contributed by atoms with van der Waals surface area (Å²) in [5.41, 5.74) is 1.03. The number of nitrogens with one attached hydrogen (secondary N) is 1. The topological polar surface area (TPSA) is 86.8 Å². The Bertz CT molecular complexity index is 967. The Morgan fingerprint density at radius 3 is 2.21 bits per heavy atom. The molecule has 0 radical (unpaired) electrons. The third kappa shape index (κ3) is 5.95. The molecule has 0 heterocycles. The van der Waals surface area contributed by atoms with Crippen molar-refractivity contribution in [2.24, 2.45) is 0 Å². The zero-order valence-corrected chi connectivity index (χ0v) is 18.1. The fourth-order valence-electron chi connectivity index (χ4n) is 2.82. The number of hydrogen-bond acceptors (Lipinski definition) is 4. The Balaban J connectivity index is 2.37. The lowest BCUT2D eigenvalue weighted by Gasteiger charge is -2.31. The van der Waals surface area contributed by atoms with Crippen molar-refractivity contribution in [2.75, 3.05) is 24.2 Å². The summed E-state index contributed by atoms with van der Waals surface area (Å²) < 4.78 is 25.7. The van der Waals surface area contributed by atoms with Crippen LogP contribution in [0.25, 0.3) is 0 Å². The zero-order valence-electron chi connectivity index (χ0n) is 16.5. The molecule has 0 aliphatic heterocycles. The molecule has 0 bridgehead atoms. The van der Waals surface area contributed by atoms with Gasteiger partial charge in [0.1, 0.15) is 12.6 Å². The molecule has 0 spiro atoms. The second-order valence-electron chi connectivity index (χ2n) is 6.52. The number of amides is 2. The van der Waals surface area contributed by atoms with Crippen molar-refractivity contribution in [1.29, 1.82) is 0 Å². The average molecular weight is 438 g/mol. The molecule has 2 rings (SSSR count). The van der Waals surface area contributed by atoms with Gasteiger partial charge >= 0.3 is 0 Å². The minimum absolute atomic E-state index is 0.161. The van der Waals surface area contributed by atoms with E-state index in [1.54, 1.807) is 25.1 Å². The van der Waals surface area contributed by atoms with Crippen LogP contribution in [-0.4, -0.2) is 51.0 Å². The first-order chi connectivity index (χ1) is 13.6. The molecule has 0 aromatic heterocycles. The Morgan fingerprint density at radius 2 is 1.66 bits per heavy atom. The van der Waals surface area contributed by atoms with Gasteiger partial charge in [0, 0.05) is 13.6 Å². The number of benzene rings is 2. The van der Waals surface area contributed by atoms with Gasteiger partial charge in [-0.15, -0.1) is 0 Å². The summed E-state index contributed by atoms with van der Waals surface area (Å²) in [4.78, 5) is 26.7. The normalized spacial score (nSPS) is 12.1. The van der Waals surface area contributed by atoms with Crippen LogP contribution in [0, 0.1) is 0 Å². The summed E-state index contributed by atoms with van der Waals surface area (Å²) in [7, 11) is -2.31. The monoisotopic (exact) mass is 437 g/mol. The number of para-hydroxylation sites is 1. The number of halogens is 1. The van der Waals surface area contributed by atoms with E-state index in [9.17, 15) is 18.0 Å². The van der Waals surface area contributed by atoms with Gasteiger partial charge in [0.25, 0.3) is 0 Å². The Hall–Kier alpha value is -2.58. The van der Waals surface area contributed by atoms with Crippen LogP contribution in [0.1, 0.15) is 12.5 Å². The van der Waals surface area contributed by atoms with E-state index < -0.39 is 28.5 Å². The Labute approximate surface area is 176 Å². The van der Waals surface area contributed by atoms with Crippen molar-refractivity contribution in [2.45, 2.75) is 19.5 Å². The minimum Gasteiger partial charge on any atom is -0.357 e. The fourth-order valence-corrected chi connectivity index (χ4v) is 3.97. The van der Waals surface area contributed by atoms with Crippen LogP contribution in [0.2, 0.25) is 5.02 Å². The lowest BCUT2D eigenvalue weighted by molar-refractivity contribution is -0.139. The maximum atomic E-state index is 13.1. The van der Waals surface area contributed by atoms with Crippen LogP contribution in [0.4, 0.5) is 5.69 Å². The van der Waals surface area contributed by atoms with Crippen LogP contribution in [-0.2, 0) is 26.2 Å². The maximum absolute atomic E-state index is 13.1. The number of likely N-dealkylation sites (N-methyl/N-ethyl adjacent to an activating group) is 1. The molecule has 0 fully saturated rings. The number of carbonyl (C=O) groups excluding carboxylic acids is 2. The highest BCUT2D eigenvalue weighted by Crippen LogP contribution is 2.27. The summed E-state index contributed by atoms with van der Waals surface area (Å²) in [6, 6.07) is 14.8. The van der Waals surface area contributed by atoms with E-state index in [-0.39, 0.29) is 23.2 Å². The first kappa shape index (κ1) is 22.7. The fraction of sp³-hybridized carbons (Fsp3) is 0.300. The molecular weight excluding hydrogens is 414 g/mol. The molecule has 1 N–H and O–H groups in total. The van der Waals surface area contributed by atoms with Crippen LogP contribution in [0.5, 0.6) is 0 Å². The molecule has 0 saturated carbocycles. The van der Waals surface area contributed by atoms with Gasteiger partial charge in [-0.3, -0.25) is 13.9 Å². The van der Waals surface area contributed by atoms with Crippen LogP contribution >= 0.6 is 11.6 Å². The predicted octanol–water partition coefficient (Wildman–Crippen LogP) is 2.27. The number of carbonyl (C=O) groups is 2. The number of rotatable bonds is 8. The number of anilines is 1. The molecule has 7 nitrogen and oxygen atoms in total. The second-order valence-corrected chi connectivity index (χ2v) is 8.83. The molecule has 29 heavy (non-hydrogen) atoms. The zero-order chi connectivity index (χ0) is 21.6.